The second kappa shape index (κ2) is 23.7. The van der Waals surface area contributed by atoms with E-state index in [1.54, 1.807) is 19.1 Å². The molecule has 2 fully saturated rings. The number of nitrogens with one attached hydrogen (secondary N) is 3. The molecule has 0 spiro atoms. The standard InChI is InChI=1S/C50H63N5O9/c1-7-36-19-14-20-39(29-36)49(61)63-33-55(48(60)40(22-21-37-15-10-8-11-16-37)51-44(56)31-54-23-25-62-26-24-54)43(28-35(4)5)47(59)53-42(30-38-17-12-9-13-18-38)46(58)52-41(27-34(2)3)45(57)50(6)32-64-50/h1,8-20,29,34-35,40-43H,21-28,30-33H2,2-6H3,(H,51,56)(H,52,58)(H,53,59). The molecule has 2 aliphatic rings. The first-order valence-corrected chi connectivity index (χ1v) is 22.2. The number of aryl methyl sites for hydroxylation is 1. The fraction of sp³-hybridized carbons (Fsp3) is 0.480. The van der Waals surface area contributed by atoms with Gasteiger partial charge in [0.25, 0.3) is 0 Å². The van der Waals surface area contributed by atoms with Crippen molar-refractivity contribution < 1.29 is 43.0 Å². The molecule has 0 saturated carbocycles. The number of benzene rings is 3. The molecule has 3 aromatic rings. The van der Waals surface area contributed by atoms with Crippen molar-refractivity contribution >= 4 is 35.4 Å². The van der Waals surface area contributed by atoms with Crippen LogP contribution in [0, 0.1) is 24.2 Å². The number of carbonyl (C=O) groups excluding carboxylic acids is 6. The monoisotopic (exact) mass is 877 g/mol. The van der Waals surface area contributed by atoms with Gasteiger partial charge in [-0.25, -0.2) is 4.79 Å². The fourth-order valence-corrected chi connectivity index (χ4v) is 7.61. The third-order valence-corrected chi connectivity index (χ3v) is 11.3. The van der Waals surface area contributed by atoms with E-state index >= 15 is 4.79 Å². The number of esters is 1. The molecule has 0 radical (unpaired) electrons. The summed E-state index contributed by atoms with van der Waals surface area (Å²) in [5, 5.41) is 8.79. The van der Waals surface area contributed by atoms with Crippen LogP contribution >= 0.6 is 0 Å². The van der Waals surface area contributed by atoms with E-state index in [1.165, 1.54) is 17.0 Å². The molecule has 342 valence electrons. The number of carbonyl (C=O) groups is 6. The van der Waals surface area contributed by atoms with Crippen LogP contribution in [0.4, 0.5) is 0 Å². The number of Topliss-reactive ketones (excluding diaryl/α,β-unsaturated/α-hetero) is 1. The summed E-state index contributed by atoms with van der Waals surface area (Å²) < 4.78 is 16.7. The number of nitrogens with zero attached hydrogens (tertiary/aromatic N) is 2. The lowest BCUT2D eigenvalue weighted by Gasteiger charge is -2.35. The van der Waals surface area contributed by atoms with Crippen LogP contribution < -0.4 is 16.0 Å². The van der Waals surface area contributed by atoms with Crippen LogP contribution in [0.1, 0.15) is 80.9 Å². The summed E-state index contributed by atoms with van der Waals surface area (Å²) in [7, 11) is 0. The number of terminal acetylenes is 1. The number of amides is 4. The highest BCUT2D eigenvalue weighted by molar-refractivity contribution is 5.99. The quantitative estimate of drug-likeness (QED) is 0.0545. The smallest absolute Gasteiger partial charge is 0.339 e. The summed E-state index contributed by atoms with van der Waals surface area (Å²) in [6.45, 7) is 11.0. The topological polar surface area (TPSA) is 176 Å². The lowest BCUT2D eigenvalue weighted by Crippen LogP contribution is -2.60. The SMILES string of the molecule is C#Cc1cccc(C(=O)OCN(C(=O)C(CCc2ccccc2)NC(=O)CN2CCOCC2)C(CC(C)C)C(=O)NC(Cc2ccccc2)C(=O)NC(CC(C)C)C(=O)C2(C)CO2)c1. The van der Waals surface area contributed by atoms with Crippen LogP contribution in [0.15, 0.2) is 84.9 Å². The van der Waals surface area contributed by atoms with Gasteiger partial charge in [0.05, 0.1) is 38.0 Å². The molecule has 14 nitrogen and oxygen atoms in total. The molecule has 3 N–H and O–H groups in total. The van der Waals surface area contributed by atoms with Gasteiger partial charge in [0.2, 0.25) is 23.6 Å². The summed E-state index contributed by atoms with van der Waals surface area (Å²) in [6.07, 6.45) is 6.68. The number of morpholine rings is 1. The molecular weight excluding hydrogens is 815 g/mol. The predicted molar refractivity (Wildman–Crippen MR) is 242 cm³/mol. The number of hydrogen-bond acceptors (Lipinski definition) is 10. The summed E-state index contributed by atoms with van der Waals surface area (Å²) >= 11 is 0. The summed E-state index contributed by atoms with van der Waals surface area (Å²) in [5.74, 6) is -0.980. The van der Waals surface area contributed by atoms with E-state index in [0.717, 1.165) is 11.1 Å². The Labute approximate surface area is 377 Å². The molecule has 5 atom stereocenters. The maximum absolute atomic E-state index is 15.2. The minimum absolute atomic E-state index is 0.0246. The molecule has 4 amide bonds. The van der Waals surface area contributed by atoms with Crippen molar-refractivity contribution in [3.63, 3.8) is 0 Å². The number of ether oxygens (including phenoxy) is 3. The van der Waals surface area contributed by atoms with E-state index < -0.39 is 66.1 Å². The molecule has 2 saturated heterocycles. The van der Waals surface area contributed by atoms with Crippen LogP contribution in [0.25, 0.3) is 0 Å². The zero-order valence-corrected chi connectivity index (χ0v) is 37.7. The molecule has 5 rings (SSSR count). The van der Waals surface area contributed by atoms with Crippen LogP contribution in [-0.2, 0) is 51.0 Å². The van der Waals surface area contributed by atoms with Gasteiger partial charge in [0.15, 0.2) is 12.5 Å². The highest BCUT2D eigenvalue weighted by atomic mass is 16.6. The van der Waals surface area contributed by atoms with Crippen molar-refractivity contribution in [2.45, 2.75) is 96.5 Å². The lowest BCUT2D eigenvalue weighted by atomic mass is 9.93. The van der Waals surface area contributed by atoms with Gasteiger partial charge in [-0.15, -0.1) is 6.42 Å². The number of ketones is 1. The third kappa shape index (κ3) is 14.9. The van der Waals surface area contributed by atoms with Crippen LogP contribution in [0.5, 0.6) is 0 Å². The number of hydrogen-bond donors (Lipinski definition) is 3. The molecule has 2 heterocycles. The van der Waals surface area contributed by atoms with Gasteiger partial charge in [-0.1, -0.05) is 100 Å². The molecule has 64 heavy (non-hydrogen) atoms. The third-order valence-electron chi connectivity index (χ3n) is 11.3. The Morgan fingerprint density at radius 3 is 2.03 bits per heavy atom. The lowest BCUT2D eigenvalue weighted by molar-refractivity contribution is -0.149. The van der Waals surface area contributed by atoms with Gasteiger partial charge in [0, 0.05) is 25.1 Å². The Morgan fingerprint density at radius 1 is 0.797 bits per heavy atom. The minimum atomic E-state index is -1.29. The highest BCUT2D eigenvalue weighted by Gasteiger charge is 2.50. The van der Waals surface area contributed by atoms with Gasteiger partial charge < -0.3 is 30.2 Å². The van der Waals surface area contributed by atoms with Crippen LogP contribution in [0.2, 0.25) is 0 Å². The Hall–Kier alpha value is -5.88. The van der Waals surface area contributed by atoms with Gasteiger partial charge in [-0.2, -0.15) is 0 Å². The molecule has 3 aromatic carbocycles. The van der Waals surface area contributed by atoms with Gasteiger partial charge in [-0.05, 0) is 73.8 Å². The normalized spacial score (nSPS) is 17.8. The first-order valence-electron chi connectivity index (χ1n) is 22.2. The van der Waals surface area contributed by atoms with Gasteiger partial charge in [-0.3, -0.25) is 33.8 Å². The Balaban J connectivity index is 1.50. The predicted octanol–water partition coefficient (Wildman–Crippen LogP) is 4.09. The molecule has 0 aromatic heterocycles. The molecule has 5 unspecified atom stereocenters. The zero-order valence-electron chi connectivity index (χ0n) is 37.7. The maximum atomic E-state index is 15.2. The molecule has 0 aliphatic carbocycles. The van der Waals surface area contributed by atoms with Crippen molar-refractivity contribution in [2.75, 3.05) is 46.2 Å². The first-order chi connectivity index (χ1) is 30.6. The maximum Gasteiger partial charge on any atom is 0.339 e. The van der Waals surface area contributed by atoms with Crippen molar-refractivity contribution in [1.29, 1.82) is 0 Å². The zero-order chi connectivity index (χ0) is 46.2. The summed E-state index contributed by atoms with van der Waals surface area (Å²) in [4.78, 5) is 88.5. The molecule has 14 heteroatoms. The van der Waals surface area contributed by atoms with E-state index in [1.807, 2.05) is 93.3 Å². The van der Waals surface area contributed by atoms with Crippen LogP contribution in [-0.4, -0.2) is 121 Å². The average Bonchev–Trinajstić information content (AvgIpc) is 4.05. The van der Waals surface area contributed by atoms with E-state index in [0.29, 0.717) is 44.7 Å². The second-order valence-corrected chi connectivity index (χ2v) is 17.6. The average molecular weight is 878 g/mol. The second-order valence-electron chi connectivity index (χ2n) is 17.6. The Morgan fingerprint density at radius 2 is 1.42 bits per heavy atom. The fourth-order valence-electron chi connectivity index (χ4n) is 7.61. The summed E-state index contributed by atoms with van der Waals surface area (Å²) in [6, 6.07) is 20.4. The van der Waals surface area contributed by atoms with Gasteiger partial charge >= 0.3 is 5.97 Å². The Kier molecular flexibility index (Phi) is 18.2. The van der Waals surface area contributed by atoms with E-state index in [4.69, 9.17) is 20.6 Å². The van der Waals surface area contributed by atoms with E-state index in [-0.39, 0.29) is 55.6 Å². The molecule has 2 aliphatic heterocycles. The summed E-state index contributed by atoms with van der Waals surface area (Å²) in [5.41, 5.74) is 1.26. The van der Waals surface area contributed by atoms with Crippen molar-refractivity contribution in [3.8, 4) is 12.3 Å². The number of epoxide rings is 1. The molecule has 0 bridgehead atoms. The highest BCUT2D eigenvalue weighted by Crippen LogP contribution is 2.30. The van der Waals surface area contributed by atoms with Crippen molar-refractivity contribution in [2.24, 2.45) is 11.8 Å². The van der Waals surface area contributed by atoms with Crippen LogP contribution in [0.3, 0.4) is 0 Å². The van der Waals surface area contributed by atoms with Crippen molar-refractivity contribution in [1.82, 2.24) is 25.8 Å². The van der Waals surface area contributed by atoms with Crippen molar-refractivity contribution in [3.05, 3.63) is 107 Å². The molecular formula is C50H63N5O9. The Bertz CT molecular complexity index is 2090. The van der Waals surface area contributed by atoms with E-state index in [2.05, 4.69) is 21.9 Å². The number of rotatable bonds is 23. The first kappa shape index (κ1) is 49.1. The largest absolute Gasteiger partial charge is 0.441 e. The van der Waals surface area contributed by atoms with E-state index in [9.17, 15) is 24.0 Å². The minimum Gasteiger partial charge on any atom is -0.441 e. The van der Waals surface area contributed by atoms with Gasteiger partial charge in [0.1, 0.15) is 23.7 Å².